The summed E-state index contributed by atoms with van der Waals surface area (Å²) in [4.78, 5) is 0. The van der Waals surface area contributed by atoms with E-state index in [2.05, 4.69) is 5.43 Å². The second-order valence-electron chi connectivity index (χ2n) is 5.78. The van der Waals surface area contributed by atoms with Gasteiger partial charge in [-0.05, 0) is 55.3 Å². The van der Waals surface area contributed by atoms with E-state index in [-0.39, 0.29) is 11.6 Å². The Morgan fingerprint density at radius 3 is 2.79 bits per heavy atom. The van der Waals surface area contributed by atoms with E-state index in [1.165, 1.54) is 25.7 Å². The molecule has 1 aromatic heterocycles. The number of hydrogen-bond donors (Lipinski definition) is 2. The third-order valence-electron chi connectivity index (χ3n) is 4.60. The van der Waals surface area contributed by atoms with E-state index in [1.807, 2.05) is 6.07 Å². The first-order valence-electron chi connectivity index (χ1n) is 7.08. The number of nitrogens with one attached hydrogen (secondary N) is 1. The van der Waals surface area contributed by atoms with Gasteiger partial charge in [0.05, 0.1) is 11.6 Å². The number of furan rings is 1. The van der Waals surface area contributed by atoms with Gasteiger partial charge in [0.15, 0.2) is 5.22 Å². The zero-order chi connectivity index (χ0) is 13.3. The highest BCUT2D eigenvalue weighted by Gasteiger charge is 2.42. The summed E-state index contributed by atoms with van der Waals surface area (Å²) in [5.74, 6) is 7.01. The molecule has 2 atom stereocenters. The third-order valence-corrected chi connectivity index (χ3v) is 4.80. The van der Waals surface area contributed by atoms with E-state index in [0.717, 1.165) is 25.2 Å². The molecule has 3 rings (SSSR count). The summed E-state index contributed by atoms with van der Waals surface area (Å²) in [6, 6.07) is 3.70. The summed E-state index contributed by atoms with van der Waals surface area (Å²) in [7, 11) is 0. The van der Waals surface area contributed by atoms with Crippen LogP contribution < -0.4 is 11.3 Å². The van der Waals surface area contributed by atoms with Gasteiger partial charge in [-0.1, -0.05) is 12.8 Å². The number of rotatable bonds is 3. The van der Waals surface area contributed by atoms with Crippen molar-refractivity contribution in [2.75, 3.05) is 6.61 Å². The lowest BCUT2D eigenvalue weighted by molar-refractivity contribution is -0.0991. The average molecular weight is 285 g/mol. The third kappa shape index (κ3) is 2.68. The van der Waals surface area contributed by atoms with Crippen molar-refractivity contribution in [1.82, 2.24) is 5.43 Å². The predicted molar refractivity (Wildman–Crippen MR) is 73.7 cm³/mol. The zero-order valence-corrected chi connectivity index (χ0v) is 11.8. The van der Waals surface area contributed by atoms with Gasteiger partial charge in [0.1, 0.15) is 5.76 Å². The molecule has 1 saturated carbocycles. The van der Waals surface area contributed by atoms with Gasteiger partial charge < -0.3 is 9.15 Å². The van der Waals surface area contributed by atoms with E-state index in [4.69, 9.17) is 26.6 Å². The van der Waals surface area contributed by atoms with Crippen LogP contribution in [0.5, 0.6) is 0 Å². The molecular weight excluding hydrogens is 264 g/mol. The largest absolute Gasteiger partial charge is 0.448 e. The van der Waals surface area contributed by atoms with Crippen LogP contribution in [0.2, 0.25) is 5.22 Å². The second kappa shape index (κ2) is 5.44. The standard InChI is InChI=1S/C14H21ClN2O2/c15-12-4-3-11(19-12)13(17-16)10-5-8-18-14(9-10)6-1-2-7-14/h3-4,10,13,17H,1-2,5-9,16H2. The van der Waals surface area contributed by atoms with Gasteiger partial charge in [0.25, 0.3) is 0 Å². The Hall–Kier alpha value is -0.550. The van der Waals surface area contributed by atoms with Crippen LogP contribution in [-0.2, 0) is 4.74 Å². The van der Waals surface area contributed by atoms with Crippen LogP contribution in [0.25, 0.3) is 0 Å². The maximum Gasteiger partial charge on any atom is 0.193 e. The Morgan fingerprint density at radius 2 is 2.16 bits per heavy atom. The number of nitrogens with two attached hydrogens (primary N) is 1. The minimum atomic E-state index is 0.0221. The molecule has 2 unspecified atom stereocenters. The minimum Gasteiger partial charge on any atom is -0.448 e. The molecular formula is C14H21ClN2O2. The Balaban J connectivity index is 1.76. The Kier molecular flexibility index (Phi) is 3.85. The first-order valence-corrected chi connectivity index (χ1v) is 7.46. The Morgan fingerprint density at radius 1 is 1.37 bits per heavy atom. The summed E-state index contributed by atoms with van der Waals surface area (Å²) < 4.78 is 11.6. The van der Waals surface area contributed by atoms with E-state index in [1.54, 1.807) is 6.07 Å². The highest BCUT2D eigenvalue weighted by atomic mass is 35.5. The van der Waals surface area contributed by atoms with Crippen LogP contribution in [0.4, 0.5) is 0 Å². The normalized spacial score (nSPS) is 27.8. The van der Waals surface area contributed by atoms with Gasteiger partial charge in [-0.3, -0.25) is 5.84 Å². The molecule has 106 valence electrons. The molecule has 2 heterocycles. The van der Waals surface area contributed by atoms with Crippen molar-refractivity contribution in [3.8, 4) is 0 Å². The van der Waals surface area contributed by atoms with Crippen molar-refractivity contribution >= 4 is 11.6 Å². The molecule has 0 bridgehead atoms. The topological polar surface area (TPSA) is 60.4 Å². The molecule has 1 aliphatic heterocycles. The molecule has 0 amide bonds. The summed E-state index contributed by atoms with van der Waals surface area (Å²) in [5, 5.41) is 0.415. The van der Waals surface area contributed by atoms with E-state index in [9.17, 15) is 0 Å². The molecule has 1 spiro atoms. The van der Waals surface area contributed by atoms with Crippen LogP contribution >= 0.6 is 11.6 Å². The van der Waals surface area contributed by atoms with Crippen LogP contribution in [-0.4, -0.2) is 12.2 Å². The van der Waals surface area contributed by atoms with Crippen LogP contribution in [0.1, 0.15) is 50.3 Å². The number of hydrazine groups is 1. The predicted octanol–water partition coefficient (Wildman–Crippen LogP) is 3.18. The monoisotopic (exact) mass is 284 g/mol. The highest BCUT2D eigenvalue weighted by Crippen LogP contribution is 2.45. The van der Waals surface area contributed by atoms with Gasteiger partial charge in [0, 0.05) is 6.61 Å². The van der Waals surface area contributed by atoms with Crippen LogP contribution in [0.3, 0.4) is 0 Å². The average Bonchev–Trinajstić information content (AvgIpc) is 3.01. The number of hydrogen-bond acceptors (Lipinski definition) is 4. The van der Waals surface area contributed by atoms with Gasteiger partial charge in [0.2, 0.25) is 0 Å². The lowest BCUT2D eigenvalue weighted by Gasteiger charge is -2.40. The SMILES string of the molecule is NNC(c1ccc(Cl)o1)C1CCOC2(CCCC2)C1. The van der Waals surface area contributed by atoms with Crippen LogP contribution in [0, 0.1) is 5.92 Å². The van der Waals surface area contributed by atoms with Crippen molar-refractivity contribution in [1.29, 1.82) is 0 Å². The molecule has 2 fully saturated rings. The number of halogens is 1. The van der Waals surface area contributed by atoms with E-state index in [0.29, 0.717) is 11.1 Å². The molecule has 1 aromatic rings. The van der Waals surface area contributed by atoms with Crippen molar-refractivity contribution in [3.05, 3.63) is 23.1 Å². The lowest BCUT2D eigenvalue weighted by atomic mass is 9.80. The first-order chi connectivity index (χ1) is 9.22. The van der Waals surface area contributed by atoms with Gasteiger partial charge in [-0.2, -0.15) is 0 Å². The zero-order valence-electron chi connectivity index (χ0n) is 11.0. The van der Waals surface area contributed by atoms with Gasteiger partial charge in [-0.15, -0.1) is 0 Å². The van der Waals surface area contributed by atoms with Crippen molar-refractivity contribution in [3.63, 3.8) is 0 Å². The molecule has 0 radical (unpaired) electrons. The summed E-state index contributed by atoms with van der Waals surface area (Å²) in [5.41, 5.74) is 2.99. The Labute approximate surface area is 118 Å². The maximum atomic E-state index is 6.07. The highest BCUT2D eigenvalue weighted by molar-refractivity contribution is 6.28. The molecule has 0 aromatic carbocycles. The number of ether oxygens (including phenoxy) is 1. The fraction of sp³-hybridized carbons (Fsp3) is 0.714. The molecule has 1 saturated heterocycles. The lowest BCUT2D eigenvalue weighted by Crippen LogP contribution is -2.43. The minimum absolute atomic E-state index is 0.0221. The molecule has 2 aliphatic rings. The summed E-state index contributed by atoms with van der Waals surface area (Å²) in [6.07, 6.45) is 6.98. The Bertz CT molecular complexity index is 429. The maximum absolute atomic E-state index is 6.07. The fourth-order valence-electron chi connectivity index (χ4n) is 3.66. The quantitative estimate of drug-likeness (QED) is 0.661. The van der Waals surface area contributed by atoms with Crippen molar-refractivity contribution in [2.45, 2.75) is 50.2 Å². The molecule has 1 aliphatic carbocycles. The molecule has 4 nitrogen and oxygen atoms in total. The summed E-state index contributed by atoms with van der Waals surface area (Å²) in [6.45, 7) is 0.817. The van der Waals surface area contributed by atoms with Gasteiger partial charge in [-0.25, -0.2) is 5.43 Å². The van der Waals surface area contributed by atoms with Gasteiger partial charge >= 0.3 is 0 Å². The second-order valence-corrected chi connectivity index (χ2v) is 6.15. The van der Waals surface area contributed by atoms with Crippen molar-refractivity contribution < 1.29 is 9.15 Å². The van der Waals surface area contributed by atoms with E-state index >= 15 is 0 Å². The smallest absolute Gasteiger partial charge is 0.193 e. The van der Waals surface area contributed by atoms with E-state index < -0.39 is 0 Å². The summed E-state index contributed by atoms with van der Waals surface area (Å²) >= 11 is 5.86. The van der Waals surface area contributed by atoms with Crippen LogP contribution in [0.15, 0.2) is 16.5 Å². The molecule has 3 N–H and O–H groups in total. The molecule has 5 heteroatoms. The van der Waals surface area contributed by atoms with Crippen molar-refractivity contribution in [2.24, 2.45) is 11.8 Å². The molecule has 19 heavy (non-hydrogen) atoms. The fourth-order valence-corrected chi connectivity index (χ4v) is 3.82. The first kappa shape index (κ1) is 13.4.